The lowest BCUT2D eigenvalue weighted by Gasteiger charge is -2.11. The Morgan fingerprint density at radius 1 is 0.920 bits per heavy atom. The number of phenols is 2. The fraction of sp³-hybridized carbons (Fsp3) is 0.0526. The second kappa shape index (κ2) is 6.52. The van der Waals surface area contributed by atoms with E-state index in [2.05, 4.69) is 0 Å². The van der Waals surface area contributed by atoms with Gasteiger partial charge in [0.25, 0.3) is 0 Å². The smallest absolute Gasteiger partial charge is 0.339 e. The van der Waals surface area contributed by atoms with E-state index in [4.69, 9.17) is 4.42 Å². The maximum Gasteiger partial charge on any atom is 0.339 e. The molecule has 0 bridgehead atoms. The van der Waals surface area contributed by atoms with Gasteiger partial charge in [-0.2, -0.15) is 0 Å². The number of hydrogen-bond acceptors (Lipinski definition) is 6. The predicted molar refractivity (Wildman–Crippen MR) is 89.1 cm³/mol. The number of benzene rings is 2. The molecule has 25 heavy (non-hydrogen) atoms. The summed E-state index contributed by atoms with van der Waals surface area (Å²) in [6.07, 6.45) is -0.0699. The molecule has 2 aromatic carbocycles. The highest BCUT2D eigenvalue weighted by Gasteiger charge is 2.20. The second-order valence-corrected chi connectivity index (χ2v) is 5.47. The molecule has 3 N–H and O–H groups in total. The summed E-state index contributed by atoms with van der Waals surface area (Å²) in [4.78, 5) is 24.1. The third kappa shape index (κ3) is 3.53. The molecule has 0 aliphatic heterocycles. The van der Waals surface area contributed by atoms with E-state index in [0.29, 0.717) is 5.56 Å². The largest absolute Gasteiger partial charge is 0.508 e. The van der Waals surface area contributed by atoms with Crippen molar-refractivity contribution in [3.05, 3.63) is 87.5 Å². The van der Waals surface area contributed by atoms with Crippen molar-refractivity contribution in [1.29, 1.82) is 0 Å². The lowest BCUT2D eigenvalue weighted by atomic mass is 9.94. The van der Waals surface area contributed by atoms with Crippen molar-refractivity contribution in [3.63, 3.8) is 0 Å². The summed E-state index contributed by atoms with van der Waals surface area (Å²) in [5, 5.41) is 29.4. The lowest BCUT2D eigenvalue weighted by Crippen LogP contribution is -2.07. The van der Waals surface area contributed by atoms with Crippen molar-refractivity contribution in [3.8, 4) is 17.2 Å². The van der Waals surface area contributed by atoms with Crippen LogP contribution in [0, 0.1) is 0 Å². The van der Waals surface area contributed by atoms with Crippen LogP contribution < -0.4 is 5.63 Å². The Hall–Kier alpha value is -3.54. The van der Waals surface area contributed by atoms with Crippen molar-refractivity contribution < 1.29 is 24.5 Å². The molecular weight excluding hydrogens is 324 g/mol. The normalized spacial score (nSPS) is 10.6. The van der Waals surface area contributed by atoms with Crippen molar-refractivity contribution in [2.24, 2.45) is 0 Å². The number of aromatic hydroxyl groups is 3. The van der Waals surface area contributed by atoms with Crippen LogP contribution in [0.4, 0.5) is 0 Å². The summed E-state index contributed by atoms with van der Waals surface area (Å²) in [6.45, 7) is 0. The molecule has 1 heterocycles. The van der Waals surface area contributed by atoms with Gasteiger partial charge in [-0.15, -0.1) is 0 Å². The molecule has 0 amide bonds. The molecule has 0 spiro atoms. The zero-order chi connectivity index (χ0) is 18.0. The van der Waals surface area contributed by atoms with Gasteiger partial charge in [0.15, 0.2) is 5.78 Å². The summed E-state index contributed by atoms with van der Waals surface area (Å²) < 4.78 is 4.99. The molecule has 0 aliphatic carbocycles. The third-order valence-corrected chi connectivity index (χ3v) is 3.62. The molecule has 3 aromatic rings. The van der Waals surface area contributed by atoms with Gasteiger partial charge in [-0.3, -0.25) is 4.79 Å². The Balaban J connectivity index is 2.10. The van der Waals surface area contributed by atoms with Gasteiger partial charge in [0.05, 0.1) is 11.6 Å². The van der Waals surface area contributed by atoms with E-state index in [0.717, 1.165) is 12.1 Å². The van der Waals surface area contributed by atoms with E-state index in [1.165, 1.54) is 12.1 Å². The average molecular weight is 338 g/mol. The molecule has 126 valence electrons. The van der Waals surface area contributed by atoms with Crippen molar-refractivity contribution in [2.45, 2.75) is 6.42 Å². The lowest BCUT2D eigenvalue weighted by molar-refractivity contribution is 0.103. The molecule has 0 aliphatic rings. The van der Waals surface area contributed by atoms with Crippen LogP contribution in [0.2, 0.25) is 0 Å². The topological polar surface area (TPSA) is 108 Å². The van der Waals surface area contributed by atoms with Crippen LogP contribution in [-0.2, 0) is 6.42 Å². The SMILES string of the molecule is O=C(c1ccccc1)c1c(O)cc(O)cc1Cc1cc(O)cc(=O)o1. The van der Waals surface area contributed by atoms with Crippen LogP contribution in [0.1, 0.15) is 27.2 Å². The van der Waals surface area contributed by atoms with E-state index < -0.39 is 11.4 Å². The zero-order valence-electron chi connectivity index (χ0n) is 13.0. The molecule has 0 unspecified atom stereocenters. The molecule has 0 radical (unpaired) electrons. The minimum absolute atomic E-state index is 0.00464. The molecule has 1 aromatic heterocycles. The maximum atomic E-state index is 12.7. The Morgan fingerprint density at radius 3 is 2.28 bits per heavy atom. The van der Waals surface area contributed by atoms with Crippen molar-refractivity contribution in [2.75, 3.05) is 0 Å². The average Bonchev–Trinajstić information content (AvgIpc) is 2.53. The van der Waals surface area contributed by atoms with Crippen molar-refractivity contribution >= 4 is 5.78 Å². The van der Waals surface area contributed by atoms with Crippen LogP contribution >= 0.6 is 0 Å². The van der Waals surface area contributed by atoms with E-state index in [1.54, 1.807) is 30.3 Å². The van der Waals surface area contributed by atoms with Crippen LogP contribution in [0.25, 0.3) is 0 Å². The number of phenolic OH excluding ortho intramolecular Hbond substituents is 2. The summed E-state index contributed by atoms with van der Waals surface area (Å²) >= 11 is 0. The van der Waals surface area contributed by atoms with E-state index in [-0.39, 0.29) is 40.6 Å². The molecule has 0 saturated heterocycles. The van der Waals surface area contributed by atoms with E-state index >= 15 is 0 Å². The minimum atomic E-state index is -0.740. The molecule has 0 fully saturated rings. The van der Waals surface area contributed by atoms with Crippen LogP contribution in [-0.4, -0.2) is 21.1 Å². The molecule has 3 rings (SSSR count). The van der Waals surface area contributed by atoms with Gasteiger partial charge < -0.3 is 19.7 Å². The highest BCUT2D eigenvalue weighted by atomic mass is 16.4. The van der Waals surface area contributed by atoms with Gasteiger partial charge in [-0.1, -0.05) is 30.3 Å². The summed E-state index contributed by atoms with van der Waals surface area (Å²) in [5.74, 6) is -1.23. The van der Waals surface area contributed by atoms with Gasteiger partial charge in [-0.05, 0) is 11.6 Å². The molecule has 0 atom stereocenters. The molecule has 6 heteroatoms. The quantitative estimate of drug-likeness (QED) is 0.631. The number of rotatable bonds is 4. The fourth-order valence-electron chi connectivity index (χ4n) is 2.59. The first-order valence-electron chi connectivity index (χ1n) is 7.41. The summed E-state index contributed by atoms with van der Waals surface area (Å²) in [5.41, 5.74) is -0.118. The Bertz CT molecular complexity index is 989. The Labute approximate surface area is 142 Å². The van der Waals surface area contributed by atoms with Gasteiger partial charge in [0, 0.05) is 24.1 Å². The number of carbonyl (C=O) groups excluding carboxylic acids is 1. The highest BCUT2D eigenvalue weighted by molar-refractivity contribution is 6.11. The van der Waals surface area contributed by atoms with Gasteiger partial charge in [-0.25, -0.2) is 4.79 Å². The van der Waals surface area contributed by atoms with E-state index in [1.807, 2.05) is 0 Å². The summed E-state index contributed by atoms with van der Waals surface area (Å²) in [6, 6.07) is 12.9. The van der Waals surface area contributed by atoms with Crippen LogP contribution in [0.15, 0.2) is 63.8 Å². The first-order chi connectivity index (χ1) is 11.9. The van der Waals surface area contributed by atoms with Crippen LogP contribution in [0.5, 0.6) is 17.2 Å². The van der Waals surface area contributed by atoms with Gasteiger partial charge in [0.1, 0.15) is 23.0 Å². The Morgan fingerprint density at radius 2 is 1.60 bits per heavy atom. The highest BCUT2D eigenvalue weighted by Crippen LogP contribution is 2.31. The standard InChI is InChI=1S/C19H14O6/c20-13-6-12(7-15-8-14(21)10-17(23)25-15)18(16(22)9-13)19(24)11-4-2-1-3-5-11/h1-6,8-10,20-22H,7H2. The monoisotopic (exact) mass is 338 g/mol. The number of carbonyl (C=O) groups is 1. The maximum absolute atomic E-state index is 12.7. The van der Waals surface area contributed by atoms with Crippen LogP contribution in [0.3, 0.4) is 0 Å². The second-order valence-electron chi connectivity index (χ2n) is 5.47. The predicted octanol–water partition coefficient (Wildman–Crippen LogP) is 2.58. The summed E-state index contributed by atoms with van der Waals surface area (Å²) in [7, 11) is 0. The minimum Gasteiger partial charge on any atom is -0.508 e. The molecule has 0 saturated carbocycles. The number of ketones is 1. The van der Waals surface area contributed by atoms with Gasteiger partial charge in [0.2, 0.25) is 0 Å². The van der Waals surface area contributed by atoms with Crippen molar-refractivity contribution in [1.82, 2.24) is 0 Å². The molecule has 6 nitrogen and oxygen atoms in total. The first-order valence-corrected chi connectivity index (χ1v) is 7.41. The first kappa shape index (κ1) is 16.3. The van der Waals surface area contributed by atoms with Gasteiger partial charge >= 0.3 is 5.63 Å². The number of hydrogen-bond donors (Lipinski definition) is 3. The fourth-order valence-corrected chi connectivity index (χ4v) is 2.59. The molecular formula is C19H14O6. The third-order valence-electron chi connectivity index (χ3n) is 3.62. The zero-order valence-corrected chi connectivity index (χ0v) is 13.0. The van der Waals surface area contributed by atoms with E-state index in [9.17, 15) is 24.9 Å². The Kier molecular flexibility index (Phi) is 4.26.